The number of hydrogen-bond donors (Lipinski definition) is 1. The molecule has 8 heteroatoms. The van der Waals surface area contributed by atoms with Crippen molar-refractivity contribution in [2.75, 3.05) is 11.1 Å². The second-order valence-electron chi connectivity index (χ2n) is 6.96. The number of nitrogens with zero attached hydrogens (tertiary/aromatic N) is 3. The molecule has 1 atom stereocenters. The third-order valence-electron chi connectivity index (χ3n) is 4.53. The quantitative estimate of drug-likeness (QED) is 0.468. The van der Waals surface area contributed by atoms with Crippen LogP contribution in [0.4, 0.5) is 5.69 Å². The lowest BCUT2D eigenvalue weighted by Gasteiger charge is -2.17. The Labute approximate surface area is 186 Å². The summed E-state index contributed by atoms with van der Waals surface area (Å²) in [6.07, 6.45) is -0.298. The van der Waals surface area contributed by atoms with Gasteiger partial charge in [-0.2, -0.15) is 0 Å². The van der Waals surface area contributed by atoms with E-state index in [4.69, 9.17) is 16.3 Å². The SMILES string of the molecule is CCn1c(SCC(=O)Nc2ccc(C)cc2)nnc1C(C)Oc1ccc(Cl)cc1C. The molecule has 0 fully saturated rings. The van der Waals surface area contributed by atoms with Gasteiger partial charge in [0.25, 0.3) is 0 Å². The molecule has 1 N–H and O–H groups in total. The molecule has 0 aliphatic rings. The summed E-state index contributed by atoms with van der Waals surface area (Å²) < 4.78 is 8.06. The third-order valence-corrected chi connectivity index (χ3v) is 5.74. The first-order chi connectivity index (χ1) is 14.4. The van der Waals surface area contributed by atoms with Crippen molar-refractivity contribution in [2.45, 2.75) is 45.5 Å². The zero-order valence-electron chi connectivity index (χ0n) is 17.5. The van der Waals surface area contributed by atoms with Crippen molar-refractivity contribution in [2.24, 2.45) is 0 Å². The van der Waals surface area contributed by atoms with Crippen molar-refractivity contribution in [3.05, 3.63) is 64.4 Å². The van der Waals surface area contributed by atoms with E-state index >= 15 is 0 Å². The van der Waals surface area contributed by atoms with Crippen LogP contribution in [0.2, 0.25) is 5.02 Å². The van der Waals surface area contributed by atoms with Gasteiger partial charge >= 0.3 is 0 Å². The van der Waals surface area contributed by atoms with Crippen LogP contribution in [0.3, 0.4) is 0 Å². The largest absolute Gasteiger partial charge is 0.482 e. The van der Waals surface area contributed by atoms with Crippen LogP contribution in [0.25, 0.3) is 0 Å². The van der Waals surface area contributed by atoms with E-state index in [1.807, 2.05) is 68.7 Å². The predicted octanol–water partition coefficient (Wildman–Crippen LogP) is 5.44. The Bertz CT molecular complexity index is 1020. The van der Waals surface area contributed by atoms with Gasteiger partial charge < -0.3 is 14.6 Å². The average Bonchev–Trinajstić information content (AvgIpc) is 3.13. The highest BCUT2D eigenvalue weighted by Crippen LogP contribution is 2.28. The summed E-state index contributed by atoms with van der Waals surface area (Å²) in [6, 6.07) is 13.2. The van der Waals surface area contributed by atoms with E-state index in [0.29, 0.717) is 22.5 Å². The molecule has 30 heavy (non-hydrogen) atoms. The summed E-state index contributed by atoms with van der Waals surface area (Å²) in [6.45, 7) is 8.59. The highest BCUT2D eigenvalue weighted by atomic mass is 35.5. The fourth-order valence-electron chi connectivity index (χ4n) is 2.96. The minimum absolute atomic E-state index is 0.0860. The van der Waals surface area contributed by atoms with Crippen LogP contribution >= 0.6 is 23.4 Å². The Morgan fingerprint density at radius 1 is 1.20 bits per heavy atom. The van der Waals surface area contributed by atoms with Gasteiger partial charge in [-0.25, -0.2) is 0 Å². The molecule has 6 nitrogen and oxygen atoms in total. The monoisotopic (exact) mass is 444 g/mol. The van der Waals surface area contributed by atoms with Crippen molar-refractivity contribution in [1.29, 1.82) is 0 Å². The van der Waals surface area contributed by atoms with Crippen LogP contribution in [0, 0.1) is 13.8 Å². The number of benzene rings is 2. The maximum Gasteiger partial charge on any atom is 0.234 e. The Morgan fingerprint density at radius 3 is 2.60 bits per heavy atom. The maximum absolute atomic E-state index is 12.3. The molecule has 158 valence electrons. The summed E-state index contributed by atoms with van der Waals surface area (Å²) in [5, 5.41) is 12.8. The fraction of sp³-hybridized carbons (Fsp3) is 0.318. The van der Waals surface area contributed by atoms with E-state index in [1.54, 1.807) is 6.07 Å². The predicted molar refractivity (Wildman–Crippen MR) is 121 cm³/mol. The molecular weight excluding hydrogens is 420 g/mol. The number of ether oxygens (including phenoxy) is 1. The van der Waals surface area contributed by atoms with Crippen molar-refractivity contribution >= 4 is 35.0 Å². The summed E-state index contributed by atoms with van der Waals surface area (Å²) in [4.78, 5) is 12.3. The molecular formula is C22H25ClN4O2S. The van der Waals surface area contributed by atoms with Crippen LogP contribution in [0.1, 0.15) is 36.9 Å². The minimum Gasteiger partial charge on any atom is -0.482 e. The van der Waals surface area contributed by atoms with Crippen LogP contribution in [0.5, 0.6) is 5.75 Å². The number of nitrogens with one attached hydrogen (secondary N) is 1. The minimum atomic E-state index is -0.298. The number of aromatic nitrogens is 3. The number of halogens is 1. The number of rotatable bonds is 8. The van der Waals surface area contributed by atoms with E-state index in [0.717, 1.165) is 22.6 Å². The fourth-order valence-corrected chi connectivity index (χ4v) is 3.99. The van der Waals surface area contributed by atoms with Gasteiger partial charge in [-0.15, -0.1) is 10.2 Å². The van der Waals surface area contributed by atoms with Crippen molar-refractivity contribution < 1.29 is 9.53 Å². The molecule has 1 heterocycles. The molecule has 0 aliphatic heterocycles. The number of aryl methyl sites for hydroxylation is 2. The molecule has 0 bridgehead atoms. The smallest absolute Gasteiger partial charge is 0.234 e. The number of carbonyl (C=O) groups is 1. The first-order valence-electron chi connectivity index (χ1n) is 9.72. The topological polar surface area (TPSA) is 69.0 Å². The normalized spacial score (nSPS) is 11.9. The van der Waals surface area contributed by atoms with Crippen molar-refractivity contribution in [3.63, 3.8) is 0 Å². The average molecular weight is 445 g/mol. The standard InChI is InChI=1S/C22H25ClN4O2S/c1-5-27-21(16(4)29-19-11-8-17(23)12-15(19)3)25-26-22(27)30-13-20(28)24-18-9-6-14(2)7-10-18/h6-12,16H,5,13H2,1-4H3,(H,24,28). The van der Waals surface area contributed by atoms with Crippen LogP contribution in [-0.2, 0) is 11.3 Å². The molecule has 3 rings (SSSR count). The second-order valence-corrected chi connectivity index (χ2v) is 8.34. The molecule has 0 aliphatic carbocycles. The Kier molecular flexibility index (Phi) is 7.39. The molecule has 1 amide bonds. The Hall–Kier alpha value is -2.51. The van der Waals surface area contributed by atoms with Crippen LogP contribution in [0.15, 0.2) is 47.6 Å². The van der Waals surface area contributed by atoms with Crippen molar-refractivity contribution in [3.8, 4) is 5.75 Å². The summed E-state index contributed by atoms with van der Waals surface area (Å²) in [5.74, 6) is 1.63. The van der Waals surface area contributed by atoms with E-state index < -0.39 is 0 Å². The zero-order chi connectivity index (χ0) is 21.7. The third kappa shape index (κ3) is 5.55. The van der Waals surface area contributed by atoms with Gasteiger partial charge in [0.1, 0.15) is 5.75 Å². The highest BCUT2D eigenvalue weighted by Gasteiger charge is 2.20. The van der Waals surface area contributed by atoms with Gasteiger partial charge in [-0.1, -0.05) is 41.1 Å². The number of hydrogen-bond acceptors (Lipinski definition) is 5. The van der Waals surface area contributed by atoms with Gasteiger partial charge in [-0.3, -0.25) is 4.79 Å². The lowest BCUT2D eigenvalue weighted by molar-refractivity contribution is -0.113. The molecule has 0 spiro atoms. The highest BCUT2D eigenvalue weighted by molar-refractivity contribution is 7.99. The molecule has 3 aromatic rings. The van der Waals surface area contributed by atoms with E-state index in [-0.39, 0.29) is 17.8 Å². The second kappa shape index (κ2) is 10.00. The number of amides is 1. The number of carbonyl (C=O) groups excluding carboxylic acids is 1. The first-order valence-corrected chi connectivity index (χ1v) is 11.1. The van der Waals surface area contributed by atoms with E-state index in [1.165, 1.54) is 11.8 Å². The van der Waals surface area contributed by atoms with Gasteiger partial charge in [0.05, 0.1) is 5.75 Å². The van der Waals surface area contributed by atoms with Gasteiger partial charge in [0.15, 0.2) is 17.1 Å². The van der Waals surface area contributed by atoms with Crippen molar-refractivity contribution in [1.82, 2.24) is 14.8 Å². The van der Waals surface area contributed by atoms with E-state index in [2.05, 4.69) is 15.5 Å². The molecule has 1 unspecified atom stereocenters. The Balaban J connectivity index is 1.64. The van der Waals surface area contributed by atoms with Gasteiger partial charge in [-0.05, 0) is 63.6 Å². The van der Waals surface area contributed by atoms with Crippen LogP contribution in [-0.4, -0.2) is 26.4 Å². The lowest BCUT2D eigenvalue weighted by Crippen LogP contribution is -2.15. The molecule has 0 radical (unpaired) electrons. The van der Waals surface area contributed by atoms with E-state index in [9.17, 15) is 4.79 Å². The molecule has 2 aromatic carbocycles. The first kappa shape index (κ1) is 22.2. The number of anilines is 1. The Morgan fingerprint density at radius 2 is 1.93 bits per heavy atom. The van der Waals surface area contributed by atoms with Gasteiger partial charge in [0, 0.05) is 17.3 Å². The zero-order valence-corrected chi connectivity index (χ0v) is 19.0. The summed E-state index contributed by atoms with van der Waals surface area (Å²) in [7, 11) is 0. The summed E-state index contributed by atoms with van der Waals surface area (Å²) in [5.41, 5.74) is 2.89. The molecule has 0 saturated carbocycles. The number of thioether (sulfide) groups is 1. The van der Waals surface area contributed by atoms with Gasteiger partial charge in [0.2, 0.25) is 5.91 Å². The molecule has 1 aromatic heterocycles. The maximum atomic E-state index is 12.3. The summed E-state index contributed by atoms with van der Waals surface area (Å²) >= 11 is 7.38. The molecule has 0 saturated heterocycles. The lowest BCUT2D eigenvalue weighted by atomic mass is 10.2. The van der Waals surface area contributed by atoms with Crippen LogP contribution < -0.4 is 10.1 Å².